The molecular formula is C14H19NO3. The fourth-order valence-corrected chi connectivity index (χ4v) is 2.68. The van der Waals surface area contributed by atoms with E-state index in [0.717, 1.165) is 18.8 Å². The SMILES string of the molecule is O=C(O)c1ccc(=O)n(CCCC2CCCC2)c1. The van der Waals surface area contributed by atoms with E-state index < -0.39 is 5.97 Å². The summed E-state index contributed by atoms with van der Waals surface area (Å²) >= 11 is 0. The molecule has 0 radical (unpaired) electrons. The van der Waals surface area contributed by atoms with Crippen molar-refractivity contribution in [3.8, 4) is 0 Å². The highest BCUT2D eigenvalue weighted by Crippen LogP contribution is 2.28. The summed E-state index contributed by atoms with van der Waals surface area (Å²) in [7, 11) is 0. The average molecular weight is 249 g/mol. The lowest BCUT2D eigenvalue weighted by atomic mass is 10.0. The summed E-state index contributed by atoms with van der Waals surface area (Å²) in [5.41, 5.74) is 0.0573. The van der Waals surface area contributed by atoms with Gasteiger partial charge in [-0.15, -0.1) is 0 Å². The summed E-state index contributed by atoms with van der Waals surface area (Å²) in [6.07, 6.45) is 8.82. The van der Waals surface area contributed by atoms with Gasteiger partial charge in [-0.2, -0.15) is 0 Å². The van der Waals surface area contributed by atoms with Crippen molar-refractivity contribution >= 4 is 5.97 Å². The van der Waals surface area contributed by atoms with Crippen molar-refractivity contribution in [1.82, 2.24) is 4.57 Å². The number of hydrogen-bond donors (Lipinski definition) is 1. The molecule has 0 spiro atoms. The molecule has 1 aromatic heterocycles. The van der Waals surface area contributed by atoms with Crippen molar-refractivity contribution in [1.29, 1.82) is 0 Å². The van der Waals surface area contributed by atoms with E-state index in [4.69, 9.17) is 5.11 Å². The van der Waals surface area contributed by atoms with Gasteiger partial charge in [-0.25, -0.2) is 4.79 Å². The first kappa shape index (κ1) is 12.9. The highest BCUT2D eigenvalue weighted by Gasteiger charge is 2.14. The Morgan fingerprint density at radius 1 is 1.33 bits per heavy atom. The van der Waals surface area contributed by atoms with Crippen LogP contribution in [-0.2, 0) is 6.54 Å². The average Bonchev–Trinajstić information content (AvgIpc) is 2.84. The number of aryl methyl sites for hydroxylation is 1. The Labute approximate surface area is 106 Å². The second kappa shape index (κ2) is 5.85. The standard InChI is InChI=1S/C14H19NO3/c16-13-8-7-12(14(17)18)10-15(13)9-3-6-11-4-1-2-5-11/h7-8,10-11H,1-6,9H2,(H,17,18). The summed E-state index contributed by atoms with van der Waals surface area (Å²) < 4.78 is 1.51. The molecule has 0 atom stereocenters. The Bertz CT molecular complexity index is 472. The van der Waals surface area contributed by atoms with Gasteiger partial charge in [-0.1, -0.05) is 25.7 Å². The van der Waals surface area contributed by atoms with Gasteiger partial charge >= 0.3 is 5.97 Å². The number of carboxylic acids is 1. The fourth-order valence-electron chi connectivity index (χ4n) is 2.68. The Balaban J connectivity index is 1.93. The smallest absolute Gasteiger partial charge is 0.337 e. The van der Waals surface area contributed by atoms with Crippen molar-refractivity contribution in [3.63, 3.8) is 0 Å². The highest BCUT2D eigenvalue weighted by molar-refractivity contribution is 5.87. The van der Waals surface area contributed by atoms with E-state index in [1.807, 2.05) is 0 Å². The van der Waals surface area contributed by atoms with Gasteiger partial charge in [0, 0.05) is 18.8 Å². The number of aromatic nitrogens is 1. The van der Waals surface area contributed by atoms with E-state index in [9.17, 15) is 9.59 Å². The van der Waals surface area contributed by atoms with Crippen LogP contribution in [0, 0.1) is 5.92 Å². The van der Waals surface area contributed by atoms with Crippen LogP contribution in [0.2, 0.25) is 0 Å². The van der Waals surface area contributed by atoms with Crippen molar-refractivity contribution < 1.29 is 9.90 Å². The van der Waals surface area contributed by atoms with Gasteiger partial charge in [-0.3, -0.25) is 4.79 Å². The second-order valence-electron chi connectivity index (χ2n) is 5.05. The van der Waals surface area contributed by atoms with Crippen LogP contribution in [0.25, 0.3) is 0 Å². The number of nitrogens with zero attached hydrogens (tertiary/aromatic N) is 1. The number of carbonyl (C=O) groups is 1. The maximum absolute atomic E-state index is 11.6. The van der Waals surface area contributed by atoms with Crippen LogP contribution in [0.5, 0.6) is 0 Å². The van der Waals surface area contributed by atoms with E-state index in [1.165, 1.54) is 48.6 Å². The molecule has 0 aromatic carbocycles. The van der Waals surface area contributed by atoms with Gasteiger partial charge in [-0.05, 0) is 24.8 Å². The summed E-state index contributed by atoms with van der Waals surface area (Å²) in [6, 6.07) is 2.69. The molecule has 1 aliphatic carbocycles. The number of aromatic carboxylic acids is 1. The predicted octanol–water partition coefficient (Wildman–Crippen LogP) is 2.52. The predicted molar refractivity (Wildman–Crippen MR) is 68.9 cm³/mol. The number of rotatable bonds is 5. The molecule has 0 saturated heterocycles. The van der Waals surface area contributed by atoms with Crippen molar-refractivity contribution in [2.45, 2.75) is 45.1 Å². The zero-order valence-electron chi connectivity index (χ0n) is 10.5. The summed E-state index contributed by atoms with van der Waals surface area (Å²) in [6.45, 7) is 0.621. The third-order valence-electron chi connectivity index (χ3n) is 3.72. The largest absolute Gasteiger partial charge is 0.478 e. The van der Waals surface area contributed by atoms with E-state index in [0.29, 0.717) is 6.54 Å². The van der Waals surface area contributed by atoms with Crippen LogP contribution >= 0.6 is 0 Å². The Morgan fingerprint density at radius 2 is 2.06 bits per heavy atom. The molecular weight excluding hydrogens is 230 g/mol. The lowest BCUT2D eigenvalue weighted by Crippen LogP contribution is -2.20. The maximum Gasteiger partial charge on any atom is 0.337 e. The summed E-state index contributed by atoms with van der Waals surface area (Å²) in [5.74, 6) is -0.178. The van der Waals surface area contributed by atoms with Gasteiger partial charge in [0.15, 0.2) is 0 Å². The summed E-state index contributed by atoms with van der Waals surface area (Å²) in [4.78, 5) is 22.4. The minimum atomic E-state index is -0.987. The molecule has 0 unspecified atom stereocenters. The molecule has 4 nitrogen and oxygen atoms in total. The first-order chi connectivity index (χ1) is 8.66. The van der Waals surface area contributed by atoms with Crippen LogP contribution in [0.4, 0.5) is 0 Å². The van der Waals surface area contributed by atoms with Crippen LogP contribution in [0.3, 0.4) is 0 Å². The zero-order valence-corrected chi connectivity index (χ0v) is 10.5. The summed E-state index contributed by atoms with van der Waals surface area (Å²) in [5, 5.41) is 8.88. The molecule has 1 aliphatic rings. The number of hydrogen-bond acceptors (Lipinski definition) is 2. The van der Waals surface area contributed by atoms with Crippen molar-refractivity contribution in [3.05, 3.63) is 34.2 Å². The Morgan fingerprint density at radius 3 is 2.72 bits per heavy atom. The normalized spacial score (nSPS) is 16.0. The van der Waals surface area contributed by atoms with Crippen LogP contribution in [0.1, 0.15) is 48.9 Å². The quantitative estimate of drug-likeness (QED) is 0.872. The number of carboxylic acid groups (broad SMARTS) is 1. The molecule has 1 heterocycles. The van der Waals surface area contributed by atoms with E-state index in [-0.39, 0.29) is 11.1 Å². The molecule has 18 heavy (non-hydrogen) atoms. The van der Waals surface area contributed by atoms with E-state index in [1.54, 1.807) is 0 Å². The first-order valence-electron chi connectivity index (χ1n) is 6.60. The van der Waals surface area contributed by atoms with Crippen LogP contribution in [0.15, 0.2) is 23.1 Å². The topological polar surface area (TPSA) is 59.3 Å². The van der Waals surface area contributed by atoms with E-state index in [2.05, 4.69) is 0 Å². The number of pyridine rings is 1. The molecule has 1 fully saturated rings. The Hall–Kier alpha value is -1.58. The van der Waals surface area contributed by atoms with Gasteiger partial charge in [0.1, 0.15) is 0 Å². The highest BCUT2D eigenvalue weighted by atomic mass is 16.4. The third-order valence-corrected chi connectivity index (χ3v) is 3.72. The van der Waals surface area contributed by atoms with Crippen LogP contribution < -0.4 is 5.56 Å². The molecule has 1 N–H and O–H groups in total. The third kappa shape index (κ3) is 3.22. The zero-order chi connectivity index (χ0) is 13.0. The fraction of sp³-hybridized carbons (Fsp3) is 0.571. The van der Waals surface area contributed by atoms with Gasteiger partial charge in [0.05, 0.1) is 5.56 Å². The lowest BCUT2D eigenvalue weighted by molar-refractivity contribution is 0.0695. The molecule has 4 heteroatoms. The lowest BCUT2D eigenvalue weighted by Gasteiger charge is -2.10. The maximum atomic E-state index is 11.6. The van der Waals surface area contributed by atoms with Gasteiger partial charge in [0.2, 0.25) is 0 Å². The van der Waals surface area contributed by atoms with Gasteiger partial charge in [0.25, 0.3) is 5.56 Å². The molecule has 0 amide bonds. The van der Waals surface area contributed by atoms with E-state index >= 15 is 0 Å². The monoisotopic (exact) mass is 249 g/mol. The van der Waals surface area contributed by atoms with Crippen LogP contribution in [-0.4, -0.2) is 15.6 Å². The van der Waals surface area contributed by atoms with Crippen molar-refractivity contribution in [2.75, 3.05) is 0 Å². The molecule has 98 valence electrons. The van der Waals surface area contributed by atoms with Gasteiger partial charge < -0.3 is 9.67 Å². The molecule has 1 aromatic rings. The molecule has 0 bridgehead atoms. The first-order valence-corrected chi connectivity index (χ1v) is 6.60. The minimum Gasteiger partial charge on any atom is -0.478 e. The molecule has 1 saturated carbocycles. The molecule has 0 aliphatic heterocycles. The minimum absolute atomic E-state index is 0.119. The van der Waals surface area contributed by atoms with Crippen molar-refractivity contribution in [2.24, 2.45) is 5.92 Å². The molecule has 2 rings (SSSR count). The second-order valence-corrected chi connectivity index (χ2v) is 5.05. The Kier molecular flexibility index (Phi) is 4.18.